The molecule has 0 aromatic heterocycles. The van der Waals surface area contributed by atoms with Crippen LogP contribution in [0.5, 0.6) is 5.75 Å². The minimum absolute atomic E-state index is 0.482. The van der Waals surface area contributed by atoms with Gasteiger partial charge in [-0.25, -0.2) is 0 Å². The molecule has 0 bridgehead atoms. The first-order valence-electron chi connectivity index (χ1n) is 5.67. The van der Waals surface area contributed by atoms with Crippen LogP contribution in [-0.4, -0.2) is 7.11 Å². The number of ether oxygens (including phenoxy) is 1. The molecule has 0 aliphatic rings. The smallest absolute Gasteiger partial charge is 0.122 e. The van der Waals surface area contributed by atoms with Crippen molar-refractivity contribution in [2.45, 2.75) is 32.6 Å². The lowest BCUT2D eigenvalue weighted by molar-refractivity contribution is 0.406. The zero-order valence-corrected chi connectivity index (χ0v) is 11.8. The number of hydrogen-bond acceptors (Lipinski definition) is 1. The lowest BCUT2D eigenvalue weighted by Crippen LogP contribution is -1.96. The van der Waals surface area contributed by atoms with Crippen LogP contribution in [0.1, 0.15) is 38.2 Å². The van der Waals surface area contributed by atoms with E-state index in [4.69, 9.17) is 4.74 Å². The van der Waals surface area contributed by atoms with Gasteiger partial charge < -0.3 is 4.74 Å². The number of methoxy groups -OCH3 is 1. The molecule has 0 heterocycles. The summed E-state index contributed by atoms with van der Waals surface area (Å²) in [5, 5.41) is 0. The van der Waals surface area contributed by atoms with E-state index in [2.05, 4.69) is 48.0 Å². The first-order valence-corrected chi connectivity index (χ1v) is 6.46. The van der Waals surface area contributed by atoms with E-state index in [1.165, 1.54) is 5.56 Å². The molecule has 1 unspecified atom stereocenters. The molecule has 0 aliphatic carbocycles. The SMILES string of the molecule is CC/C=C\CC(C)c1cc(Br)ccc1OC. The third kappa shape index (κ3) is 3.67. The number of benzene rings is 1. The molecule has 1 rings (SSSR count). The average Bonchev–Trinajstić information content (AvgIpc) is 2.29. The van der Waals surface area contributed by atoms with Crippen molar-refractivity contribution in [2.75, 3.05) is 7.11 Å². The minimum atomic E-state index is 0.482. The van der Waals surface area contributed by atoms with Gasteiger partial charge in [-0.05, 0) is 42.5 Å². The highest BCUT2D eigenvalue weighted by molar-refractivity contribution is 9.10. The molecular formula is C14H19BrO. The van der Waals surface area contributed by atoms with Crippen LogP contribution in [0.15, 0.2) is 34.8 Å². The predicted octanol–water partition coefficient (Wildman–Crippen LogP) is 4.92. The maximum Gasteiger partial charge on any atom is 0.122 e. The van der Waals surface area contributed by atoms with Gasteiger partial charge in [0.25, 0.3) is 0 Å². The van der Waals surface area contributed by atoms with Crippen LogP contribution in [0.25, 0.3) is 0 Å². The zero-order chi connectivity index (χ0) is 12.0. The Labute approximate surface area is 107 Å². The van der Waals surface area contributed by atoms with E-state index in [1.54, 1.807) is 7.11 Å². The van der Waals surface area contributed by atoms with Gasteiger partial charge in [-0.3, -0.25) is 0 Å². The average molecular weight is 283 g/mol. The van der Waals surface area contributed by atoms with Crippen LogP contribution >= 0.6 is 15.9 Å². The lowest BCUT2D eigenvalue weighted by Gasteiger charge is -2.14. The van der Waals surface area contributed by atoms with Gasteiger partial charge in [0.1, 0.15) is 5.75 Å². The van der Waals surface area contributed by atoms with Crippen molar-refractivity contribution in [3.8, 4) is 5.75 Å². The van der Waals surface area contributed by atoms with Crippen LogP contribution in [0, 0.1) is 0 Å². The predicted molar refractivity (Wildman–Crippen MR) is 73.2 cm³/mol. The van der Waals surface area contributed by atoms with Crippen molar-refractivity contribution in [3.05, 3.63) is 40.4 Å². The van der Waals surface area contributed by atoms with Gasteiger partial charge in [-0.15, -0.1) is 0 Å². The van der Waals surface area contributed by atoms with Crippen molar-refractivity contribution >= 4 is 15.9 Å². The summed E-state index contributed by atoms with van der Waals surface area (Å²) in [6.07, 6.45) is 6.61. The normalized spacial score (nSPS) is 13.0. The number of allylic oxidation sites excluding steroid dienone is 2. The molecule has 0 radical (unpaired) electrons. The molecule has 1 atom stereocenters. The van der Waals surface area contributed by atoms with Gasteiger partial charge in [-0.2, -0.15) is 0 Å². The largest absolute Gasteiger partial charge is 0.496 e. The third-order valence-corrected chi connectivity index (χ3v) is 3.11. The molecule has 1 aromatic rings. The molecule has 0 fully saturated rings. The highest BCUT2D eigenvalue weighted by Crippen LogP contribution is 2.31. The van der Waals surface area contributed by atoms with E-state index >= 15 is 0 Å². The van der Waals surface area contributed by atoms with Gasteiger partial charge in [0.2, 0.25) is 0 Å². The Bertz CT molecular complexity index is 358. The molecule has 1 aromatic carbocycles. The van der Waals surface area contributed by atoms with E-state index in [9.17, 15) is 0 Å². The summed E-state index contributed by atoms with van der Waals surface area (Å²) in [4.78, 5) is 0. The lowest BCUT2D eigenvalue weighted by atomic mass is 9.96. The second-order valence-corrected chi connectivity index (χ2v) is 4.82. The van der Waals surface area contributed by atoms with Crippen LogP contribution in [0.3, 0.4) is 0 Å². The molecule has 0 saturated carbocycles. The van der Waals surface area contributed by atoms with Crippen molar-refractivity contribution in [2.24, 2.45) is 0 Å². The summed E-state index contributed by atoms with van der Waals surface area (Å²) in [6.45, 7) is 4.38. The molecule has 0 aliphatic heterocycles. The van der Waals surface area contributed by atoms with Crippen LogP contribution < -0.4 is 4.74 Å². The Morgan fingerprint density at radius 1 is 1.38 bits per heavy atom. The fraction of sp³-hybridized carbons (Fsp3) is 0.429. The molecule has 0 amide bonds. The van der Waals surface area contributed by atoms with Gasteiger partial charge in [-0.1, -0.05) is 41.9 Å². The Morgan fingerprint density at radius 2 is 2.12 bits per heavy atom. The Hall–Kier alpha value is -0.760. The summed E-state index contributed by atoms with van der Waals surface area (Å²) in [7, 11) is 1.72. The fourth-order valence-electron chi connectivity index (χ4n) is 1.68. The van der Waals surface area contributed by atoms with Crippen LogP contribution in [0.4, 0.5) is 0 Å². The number of rotatable bonds is 5. The molecule has 88 valence electrons. The first kappa shape index (κ1) is 13.3. The Kier molecular flexibility index (Phi) is 5.61. The van der Waals surface area contributed by atoms with Gasteiger partial charge in [0, 0.05) is 4.47 Å². The standard InChI is InChI=1S/C14H19BrO/c1-4-5-6-7-11(2)13-10-12(15)8-9-14(13)16-3/h5-6,8-11H,4,7H2,1-3H3/b6-5-. The topological polar surface area (TPSA) is 9.23 Å². The van der Waals surface area contributed by atoms with Crippen LogP contribution in [-0.2, 0) is 0 Å². The quantitative estimate of drug-likeness (QED) is 0.697. The molecule has 2 heteroatoms. The van der Waals surface area contributed by atoms with Crippen molar-refractivity contribution < 1.29 is 4.74 Å². The summed E-state index contributed by atoms with van der Waals surface area (Å²) >= 11 is 3.50. The van der Waals surface area contributed by atoms with Crippen molar-refractivity contribution in [3.63, 3.8) is 0 Å². The van der Waals surface area contributed by atoms with Gasteiger partial charge >= 0.3 is 0 Å². The van der Waals surface area contributed by atoms with Gasteiger partial charge in [0.15, 0.2) is 0 Å². The minimum Gasteiger partial charge on any atom is -0.496 e. The zero-order valence-electron chi connectivity index (χ0n) is 10.2. The Balaban J connectivity index is 2.84. The maximum absolute atomic E-state index is 5.38. The third-order valence-electron chi connectivity index (χ3n) is 2.61. The summed E-state index contributed by atoms with van der Waals surface area (Å²) in [5.74, 6) is 1.45. The molecule has 16 heavy (non-hydrogen) atoms. The summed E-state index contributed by atoms with van der Waals surface area (Å²) in [5.41, 5.74) is 1.26. The van der Waals surface area contributed by atoms with Crippen molar-refractivity contribution in [1.82, 2.24) is 0 Å². The van der Waals surface area contributed by atoms with E-state index in [0.29, 0.717) is 5.92 Å². The van der Waals surface area contributed by atoms with E-state index in [0.717, 1.165) is 23.1 Å². The summed E-state index contributed by atoms with van der Waals surface area (Å²) < 4.78 is 6.49. The van der Waals surface area contributed by atoms with E-state index in [1.807, 2.05) is 12.1 Å². The van der Waals surface area contributed by atoms with Crippen LogP contribution in [0.2, 0.25) is 0 Å². The fourth-order valence-corrected chi connectivity index (χ4v) is 2.06. The first-order chi connectivity index (χ1) is 7.69. The monoisotopic (exact) mass is 282 g/mol. The molecule has 0 spiro atoms. The second-order valence-electron chi connectivity index (χ2n) is 3.90. The molecule has 0 saturated heterocycles. The summed E-state index contributed by atoms with van der Waals surface area (Å²) in [6, 6.07) is 6.17. The second kappa shape index (κ2) is 6.74. The van der Waals surface area contributed by atoms with Crippen molar-refractivity contribution in [1.29, 1.82) is 0 Å². The number of hydrogen-bond donors (Lipinski definition) is 0. The van der Waals surface area contributed by atoms with Gasteiger partial charge in [0.05, 0.1) is 7.11 Å². The van der Waals surface area contributed by atoms with E-state index < -0.39 is 0 Å². The Morgan fingerprint density at radius 3 is 2.75 bits per heavy atom. The number of halogens is 1. The molecular weight excluding hydrogens is 264 g/mol. The highest BCUT2D eigenvalue weighted by Gasteiger charge is 2.10. The molecule has 0 N–H and O–H groups in total. The van der Waals surface area contributed by atoms with E-state index in [-0.39, 0.29) is 0 Å². The highest BCUT2D eigenvalue weighted by atomic mass is 79.9. The molecule has 1 nitrogen and oxygen atoms in total. The maximum atomic E-state index is 5.38.